The number of hydrogen-bond donors (Lipinski definition) is 1. The Balaban J connectivity index is 2.30. The molecule has 94 valence electrons. The summed E-state index contributed by atoms with van der Waals surface area (Å²) in [5.41, 5.74) is 0. The molecule has 1 aromatic heterocycles. The van der Waals surface area contributed by atoms with E-state index in [2.05, 4.69) is 25.6 Å². The summed E-state index contributed by atoms with van der Waals surface area (Å²) < 4.78 is 39.4. The third-order valence-electron chi connectivity index (χ3n) is 2.08. The quantitative estimate of drug-likeness (QED) is 0.880. The van der Waals surface area contributed by atoms with Gasteiger partial charge in [0, 0.05) is 0 Å². The molecule has 2 rings (SSSR count). The van der Waals surface area contributed by atoms with Crippen molar-refractivity contribution in [2.45, 2.75) is 4.90 Å². The van der Waals surface area contributed by atoms with Crippen molar-refractivity contribution >= 4 is 31.8 Å². The molecule has 1 heterocycles. The first-order chi connectivity index (χ1) is 8.47. The van der Waals surface area contributed by atoms with Crippen molar-refractivity contribution in [2.75, 3.05) is 4.72 Å². The zero-order valence-corrected chi connectivity index (χ0v) is 11.4. The second-order valence-corrected chi connectivity index (χ2v) is 5.90. The summed E-state index contributed by atoms with van der Waals surface area (Å²) >= 11 is 3.14. The van der Waals surface area contributed by atoms with Crippen LogP contribution in [0.4, 0.5) is 10.2 Å². The van der Waals surface area contributed by atoms with E-state index in [0.717, 1.165) is 12.1 Å². The van der Waals surface area contributed by atoms with Gasteiger partial charge in [0.1, 0.15) is 16.2 Å². The highest BCUT2D eigenvalue weighted by atomic mass is 79.9. The van der Waals surface area contributed by atoms with Crippen LogP contribution in [0, 0.1) is 5.82 Å². The zero-order valence-electron chi connectivity index (χ0n) is 8.97. The topological polar surface area (TPSA) is 59.1 Å². The van der Waals surface area contributed by atoms with Crippen LogP contribution in [0.1, 0.15) is 0 Å². The lowest BCUT2D eigenvalue weighted by Gasteiger charge is -2.07. The minimum absolute atomic E-state index is 0.0225. The van der Waals surface area contributed by atoms with Gasteiger partial charge in [-0.05, 0) is 52.3 Å². The van der Waals surface area contributed by atoms with E-state index in [0.29, 0.717) is 4.60 Å². The summed E-state index contributed by atoms with van der Waals surface area (Å²) in [5, 5.41) is 0. The zero-order chi connectivity index (χ0) is 13.2. The van der Waals surface area contributed by atoms with Crippen LogP contribution in [0.25, 0.3) is 0 Å². The van der Waals surface area contributed by atoms with E-state index in [1.165, 1.54) is 18.2 Å². The van der Waals surface area contributed by atoms with Crippen molar-refractivity contribution in [3.05, 3.63) is 52.9 Å². The number of halogens is 2. The minimum atomic E-state index is -3.75. The van der Waals surface area contributed by atoms with Gasteiger partial charge in [0.15, 0.2) is 0 Å². The van der Waals surface area contributed by atoms with Crippen LogP contribution in [0.15, 0.2) is 52.0 Å². The first-order valence-corrected chi connectivity index (χ1v) is 7.16. The van der Waals surface area contributed by atoms with E-state index < -0.39 is 15.8 Å². The van der Waals surface area contributed by atoms with E-state index in [1.807, 2.05) is 0 Å². The number of hydrogen-bond acceptors (Lipinski definition) is 3. The number of sulfonamides is 1. The lowest BCUT2D eigenvalue weighted by atomic mass is 10.4. The Morgan fingerprint density at radius 1 is 1.11 bits per heavy atom. The van der Waals surface area contributed by atoms with Crippen LogP contribution < -0.4 is 4.72 Å². The lowest BCUT2D eigenvalue weighted by Crippen LogP contribution is -2.13. The Kier molecular flexibility index (Phi) is 3.63. The molecule has 0 aliphatic rings. The first kappa shape index (κ1) is 13.0. The third kappa shape index (κ3) is 3.05. The fraction of sp³-hybridized carbons (Fsp3) is 0. The lowest BCUT2D eigenvalue weighted by molar-refractivity contribution is 0.599. The number of benzene rings is 1. The van der Waals surface area contributed by atoms with E-state index in [4.69, 9.17) is 0 Å². The maximum absolute atomic E-state index is 12.7. The van der Waals surface area contributed by atoms with Crippen LogP contribution in [0.2, 0.25) is 0 Å². The Morgan fingerprint density at radius 3 is 2.39 bits per heavy atom. The van der Waals surface area contributed by atoms with E-state index in [-0.39, 0.29) is 10.7 Å². The Morgan fingerprint density at radius 2 is 1.78 bits per heavy atom. The fourth-order valence-electron chi connectivity index (χ4n) is 1.28. The average Bonchev–Trinajstić information content (AvgIpc) is 2.29. The third-order valence-corrected chi connectivity index (χ3v) is 3.89. The predicted octanol–water partition coefficient (Wildman–Crippen LogP) is 2.78. The van der Waals surface area contributed by atoms with Gasteiger partial charge >= 0.3 is 0 Å². The smallest absolute Gasteiger partial charge is 0.263 e. The second kappa shape index (κ2) is 5.03. The highest BCUT2D eigenvalue weighted by Gasteiger charge is 2.14. The normalized spacial score (nSPS) is 11.2. The van der Waals surface area contributed by atoms with Crippen molar-refractivity contribution < 1.29 is 12.8 Å². The molecule has 0 atom stereocenters. The Hall–Kier alpha value is -1.47. The van der Waals surface area contributed by atoms with Gasteiger partial charge in [0.05, 0.1) is 4.90 Å². The average molecular weight is 331 g/mol. The summed E-state index contributed by atoms with van der Waals surface area (Å²) in [4.78, 5) is 3.93. The first-order valence-electron chi connectivity index (χ1n) is 4.88. The van der Waals surface area contributed by atoms with Crippen LogP contribution in [0.5, 0.6) is 0 Å². The van der Waals surface area contributed by atoms with Gasteiger partial charge in [-0.15, -0.1) is 0 Å². The molecule has 0 unspecified atom stereocenters. The van der Waals surface area contributed by atoms with Gasteiger partial charge in [0.2, 0.25) is 0 Å². The molecule has 1 aromatic carbocycles. The summed E-state index contributed by atoms with van der Waals surface area (Å²) in [6.07, 6.45) is 0. The van der Waals surface area contributed by atoms with Gasteiger partial charge in [-0.1, -0.05) is 6.07 Å². The van der Waals surface area contributed by atoms with Crippen molar-refractivity contribution in [3.63, 3.8) is 0 Å². The van der Waals surface area contributed by atoms with E-state index in [9.17, 15) is 12.8 Å². The molecule has 7 heteroatoms. The van der Waals surface area contributed by atoms with Crippen molar-refractivity contribution in [2.24, 2.45) is 0 Å². The number of rotatable bonds is 3. The number of aromatic nitrogens is 1. The number of nitrogens with one attached hydrogen (secondary N) is 1. The molecule has 0 amide bonds. The molecule has 0 fully saturated rings. The molecule has 0 spiro atoms. The van der Waals surface area contributed by atoms with Gasteiger partial charge in [-0.3, -0.25) is 4.72 Å². The molecule has 0 bridgehead atoms. The highest BCUT2D eigenvalue weighted by Crippen LogP contribution is 2.16. The SMILES string of the molecule is O=S(=O)(Nc1cccc(Br)n1)c1ccc(F)cc1. The number of pyridine rings is 1. The van der Waals surface area contributed by atoms with Gasteiger partial charge in [-0.2, -0.15) is 0 Å². The van der Waals surface area contributed by atoms with Crippen LogP contribution >= 0.6 is 15.9 Å². The molecular formula is C11H8BrFN2O2S. The maximum atomic E-state index is 12.7. The predicted molar refractivity (Wildman–Crippen MR) is 69.1 cm³/mol. The van der Waals surface area contributed by atoms with Crippen LogP contribution in [0.3, 0.4) is 0 Å². The van der Waals surface area contributed by atoms with Crippen molar-refractivity contribution in [3.8, 4) is 0 Å². The molecule has 0 aliphatic heterocycles. The molecule has 0 radical (unpaired) electrons. The highest BCUT2D eigenvalue weighted by molar-refractivity contribution is 9.10. The fourth-order valence-corrected chi connectivity index (χ4v) is 2.62. The molecule has 1 N–H and O–H groups in total. The summed E-state index contributed by atoms with van der Waals surface area (Å²) in [5.74, 6) is -0.303. The maximum Gasteiger partial charge on any atom is 0.263 e. The summed E-state index contributed by atoms with van der Waals surface area (Å²) in [6.45, 7) is 0. The second-order valence-electron chi connectivity index (χ2n) is 3.40. The largest absolute Gasteiger partial charge is 0.263 e. The summed E-state index contributed by atoms with van der Waals surface area (Å²) in [7, 11) is -3.75. The molecule has 18 heavy (non-hydrogen) atoms. The molecular weight excluding hydrogens is 323 g/mol. The van der Waals surface area contributed by atoms with Gasteiger partial charge in [-0.25, -0.2) is 17.8 Å². The van der Waals surface area contributed by atoms with Crippen LogP contribution in [-0.2, 0) is 10.0 Å². The van der Waals surface area contributed by atoms with Crippen molar-refractivity contribution in [1.29, 1.82) is 0 Å². The molecule has 4 nitrogen and oxygen atoms in total. The van der Waals surface area contributed by atoms with E-state index in [1.54, 1.807) is 12.1 Å². The Bertz CT molecular complexity index is 659. The molecule has 0 aliphatic carbocycles. The minimum Gasteiger partial charge on any atom is -0.263 e. The molecule has 0 saturated carbocycles. The van der Waals surface area contributed by atoms with E-state index >= 15 is 0 Å². The molecule has 0 saturated heterocycles. The van der Waals surface area contributed by atoms with Crippen molar-refractivity contribution in [1.82, 2.24) is 4.98 Å². The monoisotopic (exact) mass is 330 g/mol. The summed E-state index contributed by atoms with van der Waals surface area (Å²) in [6, 6.07) is 9.40. The van der Waals surface area contributed by atoms with Crippen LogP contribution in [-0.4, -0.2) is 13.4 Å². The number of anilines is 1. The standard InChI is InChI=1S/C11H8BrFN2O2S/c12-10-2-1-3-11(14-10)15-18(16,17)9-6-4-8(13)5-7-9/h1-7H,(H,14,15). The van der Waals surface area contributed by atoms with Gasteiger partial charge < -0.3 is 0 Å². The Labute approximate surface area is 112 Å². The molecule has 2 aromatic rings. The van der Waals surface area contributed by atoms with Gasteiger partial charge in [0.25, 0.3) is 10.0 Å². The number of nitrogens with zero attached hydrogens (tertiary/aromatic N) is 1.